The minimum Gasteiger partial charge on any atom is -0.657 e. The predicted octanol–water partition coefficient (Wildman–Crippen LogP) is 4.52. The molecule has 0 radical (unpaired) electrons. The van der Waals surface area contributed by atoms with E-state index in [0.29, 0.717) is 5.69 Å². The molecule has 0 saturated heterocycles. The maximum absolute atomic E-state index is 13.1. The normalized spacial score (nSPS) is 10.7. The molecule has 156 valence electrons. The summed E-state index contributed by atoms with van der Waals surface area (Å²) in [5.41, 5.74) is 0.463. The third kappa shape index (κ3) is 8.41. The van der Waals surface area contributed by atoms with Crippen LogP contribution in [0.3, 0.4) is 0 Å². The molecule has 0 unspecified atom stereocenters. The zero-order valence-electron chi connectivity index (χ0n) is 16.5. The summed E-state index contributed by atoms with van der Waals surface area (Å²) in [5.74, 6) is -1.79. The molecule has 0 aliphatic rings. The van der Waals surface area contributed by atoms with E-state index in [2.05, 4.69) is 36.8 Å². The Morgan fingerprint density at radius 1 is 1.07 bits per heavy atom. The molecule has 0 bridgehead atoms. The van der Waals surface area contributed by atoms with Crippen molar-refractivity contribution in [2.45, 2.75) is 46.1 Å². The van der Waals surface area contributed by atoms with Crippen LogP contribution >= 0.6 is 0 Å². The fraction of sp³-hybridized carbons (Fsp3) is 0.368. The van der Waals surface area contributed by atoms with Crippen molar-refractivity contribution < 1.29 is 28.9 Å². The van der Waals surface area contributed by atoms with Gasteiger partial charge in [-0.05, 0) is 11.8 Å². The number of hydrogen-bond acceptors (Lipinski definition) is 4. The van der Waals surface area contributed by atoms with Gasteiger partial charge in [0.2, 0.25) is 0 Å². The van der Waals surface area contributed by atoms with Crippen LogP contribution in [-0.2, 0) is 20.1 Å². The molecule has 3 heterocycles. The summed E-state index contributed by atoms with van der Waals surface area (Å²) in [4.78, 5) is 10.8. The quantitative estimate of drug-likeness (QED) is 0.318. The molecular weight excluding hydrogens is 556 g/mol. The van der Waals surface area contributed by atoms with Gasteiger partial charge in [-0.15, -0.1) is 24.4 Å². The molecule has 29 heavy (non-hydrogen) atoms. The molecule has 10 heteroatoms. The van der Waals surface area contributed by atoms with Gasteiger partial charge in [0.05, 0.1) is 0 Å². The Balaban J connectivity index is 0.000000280. The second-order valence-electron chi connectivity index (χ2n) is 6.31. The van der Waals surface area contributed by atoms with Crippen LogP contribution < -0.4 is 0 Å². The van der Waals surface area contributed by atoms with Gasteiger partial charge in [0.25, 0.3) is 0 Å². The molecule has 0 amide bonds. The fourth-order valence-corrected chi connectivity index (χ4v) is 2.11. The number of aromatic nitrogens is 5. The standard InChI is InChI=1S/C10H5F2N2.C9H17N5.Ir/c11-9-5-4-7(10(12)14-9)8-3-1-2-6-13-8;1-7(2)12-9(13-8(3)4)14-6-10-5-11-14;/h1-3,5-6H;5-9H,1-4H3;/q-1;-2;+3. The molecule has 3 aromatic rings. The predicted molar refractivity (Wildman–Crippen MR) is 102 cm³/mol. The Morgan fingerprint density at radius 2 is 1.76 bits per heavy atom. The number of rotatable bonds is 6. The Morgan fingerprint density at radius 3 is 2.24 bits per heavy atom. The van der Waals surface area contributed by atoms with Crippen molar-refractivity contribution in [2.75, 3.05) is 0 Å². The van der Waals surface area contributed by atoms with Crippen molar-refractivity contribution in [1.29, 1.82) is 0 Å². The summed E-state index contributed by atoms with van der Waals surface area (Å²) in [6.07, 6.45) is 4.42. The van der Waals surface area contributed by atoms with Crippen molar-refractivity contribution in [3.05, 3.63) is 71.7 Å². The van der Waals surface area contributed by atoms with E-state index in [-0.39, 0.29) is 44.0 Å². The van der Waals surface area contributed by atoms with Gasteiger partial charge in [0.15, 0.2) is 0 Å². The van der Waals surface area contributed by atoms with Crippen LogP contribution in [0.2, 0.25) is 0 Å². The second kappa shape index (κ2) is 12.4. The zero-order valence-corrected chi connectivity index (χ0v) is 18.9. The summed E-state index contributed by atoms with van der Waals surface area (Å²) in [6, 6.07) is 8.93. The SMILES string of the molecule is CC(C)[N-]C([N-]C(C)C)n1cncn1.Fc1c[c-]c(-c2ccccn2)c(F)n1.[Ir+3]. The molecule has 0 N–H and O–H groups in total. The number of pyridine rings is 2. The van der Waals surface area contributed by atoms with E-state index in [1.54, 1.807) is 29.2 Å². The van der Waals surface area contributed by atoms with Crippen molar-refractivity contribution in [2.24, 2.45) is 0 Å². The Hall–Kier alpha value is -2.13. The van der Waals surface area contributed by atoms with Crippen LogP contribution in [0.4, 0.5) is 8.78 Å². The van der Waals surface area contributed by atoms with E-state index in [9.17, 15) is 8.78 Å². The average molecular weight is 579 g/mol. The van der Waals surface area contributed by atoms with Gasteiger partial charge < -0.3 is 15.6 Å². The van der Waals surface area contributed by atoms with Gasteiger partial charge >= 0.3 is 20.1 Å². The van der Waals surface area contributed by atoms with Crippen LogP contribution in [0.15, 0.2) is 43.1 Å². The van der Waals surface area contributed by atoms with E-state index in [1.807, 2.05) is 27.7 Å². The molecule has 3 aromatic heterocycles. The molecule has 7 nitrogen and oxygen atoms in total. The monoisotopic (exact) mass is 579 g/mol. The van der Waals surface area contributed by atoms with Crippen molar-refractivity contribution in [3.8, 4) is 11.3 Å². The largest absolute Gasteiger partial charge is 3.00 e. The van der Waals surface area contributed by atoms with E-state index in [1.165, 1.54) is 12.5 Å². The minimum atomic E-state index is -0.899. The molecular formula is C19H22F2IrN7. The van der Waals surface area contributed by atoms with Crippen molar-refractivity contribution >= 4 is 0 Å². The topological polar surface area (TPSA) is 84.7 Å². The van der Waals surface area contributed by atoms with Gasteiger partial charge in [0.1, 0.15) is 24.6 Å². The molecule has 0 atom stereocenters. The summed E-state index contributed by atoms with van der Waals surface area (Å²) in [5, 5.41) is 12.9. The van der Waals surface area contributed by atoms with Crippen molar-refractivity contribution in [1.82, 2.24) is 24.7 Å². The molecule has 0 fully saturated rings. The third-order valence-electron chi connectivity index (χ3n) is 3.20. The Bertz CT molecular complexity index is 820. The first-order valence-corrected chi connectivity index (χ1v) is 8.76. The summed E-state index contributed by atoms with van der Waals surface area (Å²) in [7, 11) is 0. The van der Waals surface area contributed by atoms with Crippen LogP contribution in [0.25, 0.3) is 21.9 Å². The first kappa shape index (κ1) is 24.9. The maximum atomic E-state index is 13.1. The first-order chi connectivity index (χ1) is 13.4. The third-order valence-corrected chi connectivity index (χ3v) is 3.20. The smallest absolute Gasteiger partial charge is 0.657 e. The van der Waals surface area contributed by atoms with Gasteiger partial charge in [-0.3, -0.25) is 9.67 Å². The van der Waals surface area contributed by atoms with E-state index >= 15 is 0 Å². The molecule has 0 aliphatic carbocycles. The Labute approximate surface area is 182 Å². The summed E-state index contributed by atoms with van der Waals surface area (Å²) >= 11 is 0. The van der Waals surface area contributed by atoms with Gasteiger partial charge in [0, 0.05) is 6.20 Å². The van der Waals surface area contributed by atoms with E-state index in [0.717, 1.165) is 6.07 Å². The number of hydrogen-bond donors (Lipinski definition) is 0. The minimum absolute atomic E-state index is 0. The molecule has 0 aliphatic heterocycles. The number of nitrogens with zero attached hydrogens (tertiary/aromatic N) is 7. The van der Waals surface area contributed by atoms with Crippen LogP contribution in [0.1, 0.15) is 34.0 Å². The molecule has 0 saturated carbocycles. The van der Waals surface area contributed by atoms with Crippen LogP contribution in [0.5, 0.6) is 0 Å². The number of halogens is 2. The first-order valence-electron chi connectivity index (χ1n) is 8.76. The molecule has 0 spiro atoms. The van der Waals surface area contributed by atoms with Gasteiger partial charge in [-0.25, -0.2) is 13.8 Å². The van der Waals surface area contributed by atoms with Crippen molar-refractivity contribution in [3.63, 3.8) is 0 Å². The second-order valence-corrected chi connectivity index (χ2v) is 6.31. The zero-order chi connectivity index (χ0) is 20.5. The summed E-state index contributed by atoms with van der Waals surface area (Å²) < 4.78 is 27.2. The van der Waals surface area contributed by atoms with Crippen LogP contribution in [-0.4, -0.2) is 36.8 Å². The molecule has 3 rings (SSSR count). The van der Waals surface area contributed by atoms with Gasteiger partial charge in [-0.1, -0.05) is 51.5 Å². The van der Waals surface area contributed by atoms with Gasteiger partial charge in [-0.2, -0.15) is 5.10 Å². The van der Waals surface area contributed by atoms with Crippen LogP contribution in [0, 0.1) is 18.0 Å². The van der Waals surface area contributed by atoms with E-state index < -0.39 is 11.9 Å². The van der Waals surface area contributed by atoms with E-state index in [4.69, 9.17) is 0 Å². The maximum Gasteiger partial charge on any atom is 3.00 e. The average Bonchev–Trinajstić information content (AvgIpc) is 3.16. The summed E-state index contributed by atoms with van der Waals surface area (Å²) in [6.45, 7) is 8.11. The fourth-order valence-electron chi connectivity index (χ4n) is 2.11. The molecule has 0 aromatic carbocycles. The Kier molecular flexibility index (Phi) is 10.7.